The summed E-state index contributed by atoms with van der Waals surface area (Å²) in [4.78, 5) is 25.3. The van der Waals surface area contributed by atoms with Crippen LogP contribution in [0.1, 0.15) is 38.7 Å². The molecule has 9 nitrogen and oxygen atoms in total. The number of fused-ring (bicyclic) bond motifs is 1. The Hall–Kier alpha value is -2.15. The fourth-order valence-corrected chi connectivity index (χ4v) is 5.75. The second-order valence-corrected chi connectivity index (χ2v) is 13.0. The minimum Gasteiger partial charge on any atom is -0.474 e. The Morgan fingerprint density at radius 2 is 1.94 bits per heavy atom. The maximum absolute atomic E-state index is 12.5. The summed E-state index contributed by atoms with van der Waals surface area (Å²) in [5.41, 5.74) is 1.93. The summed E-state index contributed by atoms with van der Waals surface area (Å²) in [6, 6.07) is 7.02. The number of anilines is 2. The first-order chi connectivity index (χ1) is 16.7. The van der Waals surface area contributed by atoms with Crippen molar-refractivity contribution in [1.82, 2.24) is 14.9 Å². The molecule has 0 spiro atoms. The third kappa shape index (κ3) is 6.16. The number of carbonyl (C=O) groups excluding carboxylic acids is 1. The average Bonchev–Trinajstić information content (AvgIpc) is 3.26. The number of benzene rings is 1. The smallest absolute Gasteiger partial charge is 0.410 e. The molecule has 190 valence electrons. The van der Waals surface area contributed by atoms with Crippen molar-refractivity contribution in [3.63, 3.8) is 0 Å². The van der Waals surface area contributed by atoms with Crippen LogP contribution in [0.5, 0.6) is 5.88 Å². The summed E-state index contributed by atoms with van der Waals surface area (Å²) < 4.78 is 35.8. The molecule has 1 amide bonds. The number of hydrogen-bond acceptors (Lipinski definition) is 8. The molecule has 1 aromatic carbocycles. The number of sulfone groups is 1. The number of alkyl halides is 1. The standard InChI is InChI=1S/C24H31IN4O5S/c1-4-21(16(2)25)34-24(30)28-10-8-18(9-11-28)33-23-14-22(26-15-27-23)29-12-7-17-13-19(35(3,31)32)5-6-20(17)29/h5-6,13-16,18,21H,4,7-12H2,1-3H3. The maximum Gasteiger partial charge on any atom is 0.410 e. The van der Waals surface area contributed by atoms with E-state index in [0.717, 1.165) is 24.1 Å². The topological polar surface area (TPSA) is 102 Å². The molecule has 0 bridgehead atoms. The van der Waals surface area contributed by atoms with Crippen molar-refractivity contribution in [1.29, 1.82) is 0 Å². The van der Waals surface area contributed by atoms with Gasteiger partial charge >= 0.3 is 6.09 Å². The highest BCUT2D eigenvalue weighted by molar-refractivity contribution is 14.1. The molecule has 2 aliphatic rings. The van der Waals surface area contributed by atoms with Crippen LogP contribution in [-0.2, 0) is 21.0 Å². The molecule has 2 aromatic rings. The summed E-state index contributed by atoms with van der Waals surface area (Å²) >= 11 is 2.29. The van der Waals surface area contributed by atoms with Crippen molar-refractivity contribution in [2.75, 3.05) is 30.8 Å². The van der Waals surface area contributed by atoms with Crippen LogP contribution < -0.4 is 9.64 Å². The van der Waals surface area contributed by atoms with Gasteiger partial charge in [0, 0.05) is 54.4 Å². The molecule has 2 aliphatic heterocycles. The van der Waals surface area contributed by atoms with Crippen molar-refractivity contribution >= 4 is 50.0 Å². The Kier molecular flexibility index (Phi) is 8.04. The van der Waals surface area contributed by atoms with E-state index < -0.39 is 9.84 Å². The molecule has 1 aromatic heterocycles. The first-order valence-electron chi connectivity index (χ1n) is 11.8. The molecule has 0 aliphatic carbocycles. The van der Waals surface area contributed by atoms with Crippen LogP contribution in [0.2, 0.25) is 0 Å². The Bertz CT molecular complexity index is 1170. The number of nitrogens with zero attached hydrogens (tertiary/aromatic N) is 4. The molecule has 0 radical (unpaired) electrons. The van der Waals surface area contributed by atoms with Gasteiger partial charge in [0.15, 0.2) is 9.84 Å². The number of hydrogen-bond donors (Lipinski definition) is 0. The maximum atomic E-state index is 12.5. The van der Waals surface area contributed by atoms with Crippen LogP contribution in [-0.4, -0.2) is 71.4 Å². The zero-order valence-electron chi connectivity index (χ0n) is 20.2. The highest BCUT2D eigenvalue weighted by Gasteiger charge is 2.28. The fraction of sp³-hybridized carbons (Fsp3) is 0.542. The minimum absolute atomic E-state index is 0.0459. The quantitative estimate of drug-likeness (QED) is 0.339. The molecule has 1 fully saturated rings. The predicted molar refractivity (Wildman–Crippen MR) is 142 cm³/mol. The van der Waals surface area contributed by atoms with E-state index in [-0.39, 0.29) is 22.2 Å². The zero-order chi connectivity index (χ0) is 25.2. The average molecular weight is 615 g/mol. The Balaban J connectivity index is 1.36. The fourth-order valence-electron chi connectivity index (χ4n) is 4.42. The number of ether oxygens (including phenoxy) is 2. The van der Waals surface area contributed by atoms with E-state index in [1.54, 1.807) is 17.0 Å². The molecule has 1 saturated heterocycles. The third-order valence-corrected chi connectivity index (χ3v) is 8.35. The molecule has 2 atom stereocenters. The van der Waals surface area contributed by atoms with Crippen LogP contribution in [0.4, 0.5) is 16.3 Å². The lowest BCUT2D eigenvalue weighted by Gasteiger charge is -2.32. The van der Waals surface area contributed by atoms with E-state index in [4.69, 9.17) is 9.47 Å². The molecule has 35 heavy (non-hydrogen) atoms. The number of likely N-dealkylation sites (tertiary alicyclic amines) is 1. The molecule has 0 N–H and O–H groups in total. The summed E-state index contributed by atoms with van der Waals surface area (Å²) in [5, 5.41) is 0. The molecule has 4 rings (SSSR count). The SMILES string of the molecule is CCC(OC(=O)N1CCC(Oc2cc(N3CCc4cc(S(C)(=O)=O)ccc43)ncn2)CC1)C(C)I. The van der Waals surface area contributed by atoms with Crippen LogP contribution in [0.3, 0.4) is 0 Å². The minimum atomic E-state index is -3.25. The van der Waals surface area contributed by atoms with Gasteiger partial charge in [-0.1, -0.05) is 29.5 Å². The van der Waals surface area contributed by atoms with Gasteiger partial charge in [-0.3, -0.25) is 0 Å². The van der Waals surface area contributed by atoms with Gasteiger partial charge in [-0.05, 0) is 43.5 Å². The Morgan fingerprint density at radius 3 is 2.60 bits per heavy atom. The lowest BCUT2D eigenvalue weighted by molar-refractivity contribution is 0.0416. The number of amides is 1. The number of carbonyl (C=O) groups is 1. The summed E-state index contributed by atoms with van der Waals surface area (Å²) in [7, 11) is -3.25. The first kappa shape index (κ1) is 25.9. The highest BCUT2D eigenvalue weighted by atomic mass is 127. The van der Waals surface area contributed by atoms with Crippen LogP contribution >= 0.6 is 22.6 Å². The largest absolute Gasteiger partial charge is 0.474 e. The van der Waals surface area contributed by atoms with E-state index >= 15 is 0 Å². The second-order valence-electron chi connectivity index (χ2n) is 8.99. The van der Waals surface area contributed by atoms with Gasteiger partial charge in [-0.25, -0.2) is 23.2 Å². The molecule has 11 heteroatoms. The molecule has 3 heterocycles. The second kappa shape index (κ2) is 10.9. The van der Waals surface area contributed by atoms with Gasteiger partial charge in [0.2, 0.25) is 5.88 Å². The summed E-state index contributed by atoms with van der Waals surface area (Å²) in [6.07, 6.45) is 5.26. The molecular weight excluding hydrogens is 583 g/mol. The monoisotopic (exact) mass is 614 g/mol. The zero-order valence-corrected chi connectivity index (χ0v) is 23.2. The van der Waals surface area contributed by atoms with Crippen molar-refractivity contribution in [3.8, 4) is 5.88 Å². The van der Waals surface area contributed by atoms with E-state index in [0.29, 0.717) is 49.1 Å². The van der Waals surface area contributed by atoms with Gasteiger partial charge in [-0.15, -0.1) is 0 Å². The summed E-state index contributed by atoms with van der Waals surface area (Å²) in [6.45, 7) is 5.93. The van der Waals surface area contributed by atoms with Crippen LogP contribution in [0.15, 0.2) is 35.5 Å². The van der Waals surface area contributed by atoms with Crippen molar-refractivity contribution in [2.45, 2.75) is 60.6 Å². The number of aromatic nitrogens is 2. The molecular formula is C24H31IN4O5S. The predicted octanol–water partition coefficient (Wildman–Crippen LogP) is 4.16. The highest BCUT2D eigenvalue weighted by Crippen LogP contribution is 2.35. The Morgan fingerprint density at radius 1 is 1.20 bits per heavy atom. The van der Waals surface area contributed by atoms with Gasteiger partial charge < -0.3 is 19.3 Å². The lowest BCUT2D eigenvalue weighted by atomic mass is 10.1. The van der Waals surface area contributed by atoms with E-state index in [1.807, 2.05) is 30.9 Å². The van der Waals surface area contributed by atoms with Gasteiger partial charge in [0.1, 0.15) is 24.4 Å². The number of halogens is 1. The lowest BCUT2D eigenvalue weighted by Crippen LogP contribution is -2.43. The number of piperidine rings is 1. The normalized spacial score (nSPS) is 18.2. The van der Waals surface area contributed by atoms with E-state index in [1.165, 1.54) is 12.6 Å². The van der Waals surface area contributed by atoms with E-state index in [9.17, 15) is 13.2 Å². The van der Waals surface area contributed by atoms with E-state index in [2.05, 4.69) is 32.6 Å². The third-order valence-electron chi connectivity index (χ3n) is 6.43. The van der Waals surface area contributed by atoms with Crippen molar-refractivity contribution in [3.05, 3.63) is 36.2 Å². The molecule has 0 saturated carbocycles. The van der Waals surface area contributed by atoms with Crippen molar-refractivity contribution in [2.24, 2.45) is 0 Å². The van der Waals surface area contributed by atoms with Crippen LogP contribution in [0.25, 0.3) is 0 Å². The number of rotatable bonds is 7. The Labute approximate surface area is 220 Å². The first-order valence-corrected chi connectivity index (χ1v) is 15.0. The summed E-state index contributed by atoms with van der Waals surface area (Å²) in [5.74, 6) is 1.20. The van der Waals surface area contributed by atoms with Crippen LogP contribution in [0, 0.1) is 0 Å². The van der Waals surface area contributed by atoms with Crippen molar-refractivity contribution < 1.29 is 22.7 Å². The van der Waals surface area contributed by atoms with Gasteiger partial charge in [0.05, 0.1) is 4.90 Å². The molecule has 2 unspecified atom stereocenters. The van der Waals surface area contributed by atoms with Gasteiger partial charge in [0.25, 0.3) is 0 Å². The van der Waals surface area contributed by atoms with Gasteiger partial charge in [-0.2, -0.15) is 0 Å².